The summed E-state index contributed by atoms with van der Waals surface area (Å²) in [5.74, 6) is 0.539. The first-order valence-corrected chi connectivity index (χ1v) is 6.25. The summed E-state index contributed by atoms with van der Waals surface area (Å²) in [4.78, 5) is 14.3. The van der Waals surface area contributed by atoms with Crippen LogP contribution in [0.5, 0.6) is 0 Å². The Hall–Kier alpha value is -1.17. The van der Waals surface area contributed by atoms with Gasteiger partial charge in [-0.15, -0.1) is 0 Å². The third-order valence-electron chi connectivity index (χ3n) is 2.29. The average Bonchev–Trinajstić information content (AvgIpc) is 2.19. The molecule has 0 radical (unpaired) electrons. The highest BCUT2D eigenvalue weighted by Gasteiger charge is 2.19. The van der Waals surface area contributed by atoms with Gasteiger partial charge in [0.05, 0.1) is 9.40 Å². The van der Waals surface area contributed by atoms with Gasteiger partial charge in [0, 0.05) is 12.2 Å². The Balaban J connectivity index is 2.92. The maximum absolute atomic E-state index is 10.9. The molecule has 0 saturated heterocycles. The number of hydrogen-bond acceptors (Lipinski definition) is 4. The van der Waals surface area contributed by atoms with Gasteiger partial charge < -0.3 is 5.32 Å². The van der Waals surface area contributed by atoms with Crippen molar-refractivity contribution in [2.75, 3.05) is 5.32 Å². The molecule has 1 N–H and O–H groups in total. The van der Waals surface area contributed by atoms with E-state index in [1.165, 1.54) is 6.20 Å². The maximum atomic E-state index is 10.9. The molecule has 1 rings (SSSR count). The third kappa shape index (κ3) is 3.96. The molecule has 1 atom stereocenters. The average molecular weight is 302 g/mol. The van der Waals surface area contributed by atoms with E-state index in [1.54, 1.807) is 6.20 Å². The van der Waals surface area contributed by atoms with Crippen molar-refractivity contribution in [2.24, 2.45) is 5.92 Å². The Morgan fingerprint density at radius 1 is 1.47 bits per heavy atom. The van der Waals surface area contributed by atoms with Gasteiger partial charge >= 0.3 is 5.69 Å². The van der Waals surface area contributed by atoms with Gasteiger partial charge in [-0.1, -0.05) is 13.8 Å². The number of nitro groups is 1. The molecular formula is C11H16BrN3O2. The predicted molar refractivity (Wildman–Crippen MR) is 71.1 cm³/mol. The van der Waals surface area contributed by atoms with Crippen LogP contribution in [0.2, 0.25) is 0 Å². The highest BCUT2D eigenvalue weighted by atomic mass is 79.9. The molecule has 0 bridgehead atoms. The minimum absolute atomic E-state index is 0.00465. The molecule has 0 saturated carbocycles. The molecule has 0 fully saturated rings. The lowest BCUT2D eigenvalue weighted by Crippen LogP contribution is -2.18. The number of aromatic nitrogens is 1. The Morgan fingerprint density at radius 2 is 2.12 bits per heavy atom. The Kier molecular flexibility index (Phi) is 4.86. The molecule has 0 amide bonds. The highest BCUT2D eigenvalue weighted by molar-refractivity contribution is 9.10. The second-order valence-corrected chi connectivity index (χ2v) is 5.30. The maximum Gasteiger partial charge on any atom is 0.311 e. The zero-order valence-corrected chi connectivity index (χ0v) is 11.7. The van der Waals surface area contributed by atoms with Crippen molar-refractivity contribution in [3.63, 3.8) is 0 Å². The molecule has 0 aliphatic carbocycles. The standard InChI is InChI=1S/C11H16BrN3O2/c1-7(2)4-8(3)14-11-9(12)5-13-6-10(11)15(16)17/h5-8H,4H2,1-3H3,(H,13,14). The number of halogens is 1. The van der Waals surface area contributed by atoms with E-state index in [9.17, 15) is 10.1 Å². The first-order valence-electron chi connectivity index (χ1n) is 5.46. The molecule has 1 aromatic rings. The molecule has 1 aromatic heterocycles. The Morgan fingerprint density at radius 3 is 2.65 bits per heavy atom. The number of anilines is 1. The predicted octanol–water partition coefficient (Wildman–Crippen LogP) is 3.60. The minimum atomic E-state index is -0.428. The number of hydrogen-bond donors (Lipinski definition) is 1. The van der Waals surface area contributed by atoms with E-state index < -0.39 is 4.92 Å². The van der Waals surface area contributed by atoms with Crippen molar-refractivity contribution in [2.45, 2.75) is 33.2 Å². The quantitative estimate of drug-likeness (QED) is 0.666. The molecule has 5 nitrogen and oxygen atoms in total. The SMILES string of the molecule is CC(C)CC(C)Nc1c(Br)cncc1[N+](=O)[O-]. The lowest BCUT2D eigenvalue weighted by atomic mass is 10.1. The van der Waals surface area contributed by atoms with E-state index in [-0.39, 0.29) is 11.7 Å². The van der Waals surface area contributed by atoms with Crippen LogP contribution in [0.3, 0.4) is 0 Å². The fraction of sp³-hybridized carbons (Fsp3) is 0.545. The van der Waals surface area contributed by atoms with Crippen LogP contribution >= 0.6 is 15.9 Å². The van der Waals surface area contributed by atoms with Crippen LogP contribution in [0.4, 0.5) is 11.4 Å². The van der Waals surface area contributed by atoms with E-state index in [2.05, 4.69) is 40.1 Å². The van der Waals surface area contributed by atoms with Crippen LogP contribution in [-0.4, -0.2) is 15.9 Å². The summed E-state index contributed by atoms with van der Waals surface area (Å²) in [6, 6.07) is 0.174. The van der Waals surface area contributed by atoms with Crippen molar-refractivity contribution in [1.29, 1.82) is 0 Å². The Labute approximate surface area is 109 Å². The normalized spacial score (nSPS) is 12.5. The largest absolute Gasteiger partial charge is 0.376 e. The first-order chi connectivity index (χ1) is 7.91. The molecule has 0 spiro atoms. The van der Waals surface area contributed by atoms with Crippen molar-refractivity contribution in [3.05, 3.63) is 27.0 Å². The Bertz CT molecular complexity index is 410. The third-order valence-corrected chi connectivity index (χ3v) is 2.89. The van der Waals surface area contributed by atoms with Gasteiger partial charge in [-0.2, -0.15) is 0 Å². The van der Waals surface area contributed by atoms with E-state index in [4.69, 9.17) is 0 Å². The van der Waals surface area contributed by atoms with Gasteiger partial charge in [0.2, 0.25) is 0 Å². The van der Waals surface area contributed by atoms with Gasteiger partial charge in [0.15, 0.2) is 0 Å². The minimum Gasteiger partial charge on any atom is -0.376 e. The van der Waals surface area contributed by atoms with Crippen molar-refractivity contribution >= 4 is 27.3 Å². The summed E-state index contributed by atoms with van der Waals surface area (Å²) in [5.41, 5.74) is 0.494. The summed E-state index contributed by atoms with van der Waals surface area (Å²) in [6.07, 6.45) is 3.76. The molecule has 1 unspecified atom stereocenters. The molecule has 17 heavy (non-hydrogen) atoms. The number of nitrogens with zero attached hydrogens (tertiary/aromatic N) is 2. The van der Waals surface area contributed by atoms with E-state index in [0.29, 0.717) is 16.1 Å². The smallest absolute Gasteiger partial charge is 0.311 e. The summed E-state index contributed by atoms with van der Waals surface area (Å²) in [5, 5.41) is 14.0. The molecule has 0 aliphatic heterocycles. The molecule has 94 valence electrons. The molecule has 1 heterocycles. The summed E-state index contributed by atoms with van der Waals surface area (Å²) >= 11 is 3.28. The van der Waals surface area contributed by atoms with Crippen molar-refractivity contribution in [1.82, 2.24) is 4.98 Å². The fourth-order valence-corrected chi connectivity index (χ4v) is 2.15. The molecule has 0 aromatic carbocycles. The molecular weight excluding hydrogens is 286 g/mol. The second-order valence-electron chi connectivity index (χ2n) is 4.45. The van der Waals surface area contributed by atoms with Crippen LogP contribution in [0.15, 0.2) is 16.9 Å². The summed E-state index contributed by atoms with van der Waals surface area (Å²) in [6.45, 7) is 6.25. The van der Waals surface area contributed by atoms with Gasteiger partial charge in [0.25, 0.3) is 0 Å². The summed E-state index contributed by atoms with van der Waals surface area (Å²) in [7, 11) is 0. The summed E-state index contributed by atoms with van der Waals surface area (Å²) < 4.78 is 0.613. The zero-order chi connectivity index (χ0) is 13.0. The van der Waals surface area contributed by atoms with Gasteiger partial charge in [0.1, 0.15) is 11.9 Å². The van der Waals surface area contributed by atoms with Gasteiger partial charge in [-0.3, -0.25) is 15.1 Å². The lowest BCUT2D eigenvalue weighted by Gasteiger charge is -2.17. The molecule has 0 aliphatic rings. The fourth-order valence-electron chi connectivity index (χ4n) is 1.72. The van der Waals surface area contributed by atoms with Crippen LogP contribution in [0.25, 0.3) is 0 Å². The zero-order valence-electron chi connectivity index (χ0n) is 10.1. The van der Waals surface area contributed by atoms with Crippen LogP contribution in [0, 0.1) is 16.0 Å². The first kappa shape index (κ1) is 13.9. The van der Waals surface area contributed by atoms with Crippen LogP contribution < -0.4 is 5.32 Å². The lowest BCUT2D eigenvalue weighted by molar-refractivity contribution is -0.384. The van der Waals surface area contributed by atoms with Crippen molar-refractivity contribution in [3.8, 4) is 0 Å². The number of rotatable bonds is 5. The van der Waals surface area contributed by atoms with Crippen LogP contribution in [0.1, 0.15) is 27.2 Å². The van der Waals surface area contributed by atoms with Gasteiger partial charge in [-0.25, -0.2) is 0 Å². The van der Waals surface area contributed by atoms with Gasteiger partial charge in [-0.05, 0) is 35.2 Å². The van der Waals surface area contributed by atoms with E-state index in [1.807, 2.05) is 6.92 Å². The number of nitrogens with one attached hydrogen (secondary N) is 1. The molecule has 6 heteroatoms. The highest BCUT2D eigenvalue weighted by Crippen LogP contribution is 2.32. The second kappa shape index (κ2) is 5.95. The van der Waals surface area contributed by atoms with Crippen LogP contribution in [-0.2, 0) is 0 Å². The van der Waals surface area contributed by atoms with Crippen molar-refractivity contribution < 1.29 is 4.92 Å². The van der Waals surface area contributed by atoms with E-state index >= 15 is 0 Å². The van der Waals surface area contributed by atoms with E-state index in [0.717, 1.165) is 6.42 Å². The topological polar surface area (TPSA) is 68.1 Å². The monoisotopic (exact) mass is 301 g/mol. The number of pyridine rings is 1.